The van der Waals surface area contributed by atoms with Crippen molar-refractivity contribution in [2.24, 2.45) is 0 Å². The van der Waals surface area contributed by atoms with E-state index in [4.69, 9.17) is 9.47 Å². The van der Waals surface area contributed by atoms with Gasteiger partial charge in [0.2, 0.25) is 12.7 Å². The van der Waals surface area contributed by atoms with Gasteiger partial charge < -0.3 is 14.8 Å². The number of aromatic nitrogens is 1. The van der Waals surface area contributed by atoms with Crippen molar-refractivity contribution in [3.63, 3.8) is 0 Å². The second-order valence-electron chi connectivity index (χ2n) is 5.91. The Morgan fingerprint density at radius 2 is 2.00 bits per heavy atom. The van der Waals surface area contributed by atoms with Crippen molar-refractivity contribution < 1.29 is 14.3 Å². The molecule has 0 saturated heterocycles. The molecule has 1 amide bonds. The molecule has 0 bridgehead atoms. The van der Waals surface area contributed by atoms with Crippen LogP contribution in [0.3, 0.4) is 0 Å². The summed E-state index contributed by atoms with van der Waals surface area (Å²) in [5.41, 5.74) is 2.72. The van der Waals surface area contributed by atoms with Gasteiger partial charge in [-0.15, -0.1) is 23.1 Å². The second kappa shape index (κ2) is 8.02. The lowest BCUT2D eigenvalue weighted by molar-refractivity contribution is -0.115. The van der Waals surface area contributed by atoms with E-state index >= 15 is 0 Å². The highest BCUT2D eigenvalue weighted by molar-refractivity contribution is 7.99. The van der Waals surface area contributed by atoms with Gasteiger partial charge in [-0.25, -0.2) is 4.98 Å². The Bertz CT molecular complexity index is 954. The average molecular weight is 399 g/mol. The van der Waals surface area contributed by atoms with Crippen molar-refractivity contribution in [1.29, 1.82) is 0 Å². The van der Waals surface area contributed by atoms with Crippen LogP contribution in [0.5, 0.6) is 11.5 Å². The first kappa shape index (κ1) is 17.9. The molecule has 0 atom stereocenters. The number of benzene rings is 2. The molecule has 2 heterocycles. The summed E-state index contributed by atoms with van der Waals surface area (Å²) >= 11 is 3.19. The van der Waals surface area contributed by atoms with Crippen LogP contribution in [0.15, 0.2) is 52.7 Å². The minimum Gasteiger partial charge on any atom is -0.454 e. The Kier molecular flexibility index (Phi) is 5.31. The zero-order valence-corrected chi connectivity index (χ0v) is 16.4. The lowest BCUT2D eigenvalue weighted by Gasteiger charge is -2.04. The van der Waals surface area contributed by atoms with Gasteiger partial charge in [-0.1, -0.05) is 19.1 Å². The van der Waals surface area contributed by atoms with E-state index in [1.807, 2.05) is 35.7 Å². The molecular weight excluding hydrogens is 380 g/mol. The van der Waals surface area contributed by atoms with Crippen LogP contribution in [-0.4, -0.2) is 23.4 Å². The first-order valence-corrected chi connectivity index (χ1v) is 10.4. The van der Waals surface area contributed by atoms with E-state index in [9.17, 15) is 4.79 Å². The van der Waals surface area contributed by atoms with E-state index in [-0.39, 0.29) is 12.7 Å². The molecule has 1 aliphatic rings. The van der Waals surface area contributed by atoms with Crippen LogP contribution in [0.25, 0.3) is 11.3 Å². The highest BCUT2D eigenvalue weighted by Gasteiger charge is 2.15. The predicted octanol–water partition coefficient (Wildman–Crippen LogP) is 4.83. The van der Waals surface area contributed by atoms with Crippen LogP contribution in [0.4, 0.5) is 5.13 Å². The number of thioether (sulfide) groups is 1. The van der Waals surface area contributed by atoms with Gasteiger partial charge in [0.25, 0.3) is 0 Å². The molecule has 1 aromatic heterocycles. The van der Waals surface area contributed by atoms with Gasteiger partial charge in [0.1, 0.15) is 0 Å². The Morgan fingerprint density at radius 1 is 1.19 bits per heavy atom. The zero-order chi connectivity index (χ0) is 18.6. The lowest BCUT2D eigenvalue weighted by atomic mass is 10.1. The van der Waals surface area contributed by atoms with Crippen molar-refractivity contribution in [2.75, 3.05) is 17.9 Å². The number of nitrogens with one attached hydrogen (secondary N) is 1. The fourth-order valence-corrected chi connectivity index (χ4v) is 4.14. The molecule has 2 aromatic carbocycles. The third kappa shape index (κ3) is 4.26. The van der Waals surface area contributed by atoms with Crippen LogP contribution in [-0.2, 0) is 11.2 Å². The van der Waals surface area contributed by atoms with Crippen molar-refractivity contribution in [2.45, 2.75) is 18.2 Å². The number of anilines is 1. The van der Waals surface area contributed by atoms with E-state index < -0.39 is 0 Å². The molecule has 5 nitrogen and oxygen atoms in total. The molecule has 138 valence electrons. The number of hydrogen-bond donors (Lipinski definition) is 1. The summed E-state index contributed by atoms with van der Waals surface area (Å²) in [7, 11) is 0. The number of carbonyl (C=O) groups is 1. The molecule has 0 spiro atoms. The summed E-state index contributed by atoms with van der Waals surface area (Å²) in [5.74, 6) is 2.43. The molecule has 7 heteroatoms. The molecule has 0 fully saturated rings. The number of thiazole rings is 1. The van der Waals surface area contributed by atoms with Gasteiger partial charge in [0.05, 0.1) is 12.1 Å². The van der Waals surface area contributed by atoms with Gasteiger partial charge in [-0.2, -0.15) is 0 Å². The number of hydrogen-bond acceptors (Lipinski definition) is 6. The van der Waals surface area contributed by atoms with E-state index in [1.165, 1.54) is 16.2 Å². The molecule has 0 aliphatic carbocycles. The number of nitrogens with zero attached hydrogens (tertiary/aromatic N) is 1. The molecule has 4 rings (SSSR count). The number of fused-ring (bicyclic) bond motifs is 1. The number of amides is 1. The highest BCUT2D eigenvalue weighted by atomic mass is 32.2. The Hall–Kier alpha value is -2.51. The molecule has 0 unspecified atom stereocenters. The number of carbonyl (C=O) groups excluding carboxylic acids is 1. The molecule has 1 aliphatic heterocycles. The van der Waals surface area contributed by atoms with Crippen molar-refractivity contribution >= 4 is 34.1 Å². The molecule has 1 N–H and O–H groups in total. The predicted molar refractivity (Wildman–Crippen MR) is 109 cm³/mol. The first-order chi connectivity index (χ1) is 13.2. The number of ether oxygens (including phenoxy) is 2. The van der Waals surface area contributed by atoms with E-state index in [2.05, 4.69) is 29.4 Å². The molecule has 0 saturated carbocycles. The summed E-state index contributed by atoms with van der Waals surface area (Å²) in [4.78, 5) is 18.0. The van der Waals surface area contributed by atoms with Crippen LogP contribution in [0.2, 0.25) is 0 Å². The summed E-state index contributed by atoms with van der Waals surface area (Å²) in [6.07, 6.45) is 0.329. The summed E-state index contributed by atoms with van der Waals surface area (Å²) in [6, 6.07) is 13.8. The summed E-state index contributed by atoms with van der Waals surface area (Å²) in [5, 5.41) is 5.39. The highest BCUT2D eigenvalue weighted by Crippen LogP contribution is 2.36. The third-order valence-corrected chi connectivity index (χ3v) is 5.67. The maximum Gasteiger partial charge on any atom is 0.231 e. The topological polar surface area (TPSA) is 60.5 Å². The monoisotopic (exact) mass is 398 g/mol. The van der Waals surface area contributed by atoms with E-state index in [0.717, 1.165) is 34.1 Å². The molecule has 3 aromatic rings. The van der Waals surface area contributed by atoms with Gasteiger partial charge in [0.15, 0.2) is 16.6 Å². The van der Waals surface area contributed by atoms with Crippen molar-refractivity contribution in [3.05, 3.63) is 53.4 Å². The van der Waals surface area contributed by atoms with Crippen LogP contribution < -0.4 is 14.8 Å². The quantitative estimate of drug-likeness (QED) is 0.603. The minimum absolute atomic E-state index is 0.0718. The normalized spacial score (nSPS) is 12.2. The fraction of sp³-hybridized carbons (Fsp3) is 0.200. The zero-order valence-electron chi connectivity index (χ0n) is 14.7. The van der Waals surface area contributed by atoms with E-state index in [0.29, 0.717) is 11.6 Å². The maximum atomic E-state index is 12.3. The van der Waals surface area contributed by atoms with Crippen LogP contribution in [0, 0.1) is 0 Å². The van der Waals surface area contributed by atoms with Gasteiger partial charge >= 0.3 is 0 Å². The number of rotatable bonds is 6. The Morgan fingerprint density at radius 3 is 2.81 bits per heavy atom. The molecular formula is C20H18N2O3S2. The smallest absolute Gasteiger partial charge is 0.231 e. The van der Waals surface area contributed by atoms with E-state index in [1.54, 1.807) is 11.8 Å². The summed E-state index contributed by atoms with van der Waals surface area (Å²) < 4.78 is 10.7. The van der Waals surface area contributed by atoms with Gasteiger partial charge in [-0.05, 0) is 41.6 Å². The second-order valence-corrected chi connectivity index (χ2v) is 8.10. The average Bonchev–Trinajstić information content (AvgIpc) is 3.32. The fourth-order valence-electron chi connectivity index (χ4n) is 2.74. The SMILES string of the molecule is CCSc1ccc(CC(=O)Nc2nc(-c3ccc4c(c3)OCO4)cs2)cc1. The van der Waals surface area contributed by atoms with Gasteiger partial charge in [-0.3, -0.25) is 4.79 Å². The third-order valence-electron chi connectivity index (χ3n) is 4.02. The van der Waals surface area contributed by atoms with Crippen LogP contribution >= 0.6 is 23.1 Å². The molecule has 27 heavy (non-hydrogen) atoms. The van der Waals surface area contributed by atoms with Crippen LogP contribution in [0.1, 0.15) is 12.5 Å². The van der Waals surface area contributed by atoms with Gasteiger partial charge in [0, 0.05) is 15.8 Å². The summed E-state index contributed by atoms with van der Waals surface area (Å²) in [6.45, 7) is 2.37. The minimum atomic E-state index is -0.0718. The van der Waals surface area contributed by atoms with Crippen molar-refractivity contribution in [3.8, 4) is 22.8 Å². The molecule has 0 radical (unpaired) electrons. The largest absolute Gasteiger partial charge is 0.454 e. The maximum absolute atomic E-state index is 12.3. The Balaban J connectivity index is 1.39. The Labute approximate surface area is 165 Å². The first-order valence-electron chi connectivity index (χ1n) is 8.58. The lowest BCUT2D eigenvalue weighted by Crippen LogP contribution is -2.14. The van der Waals surface area contributed by atoms with Crippen molar-refractivity contribution in [1.82, 2.24) is 4.98 Å². The standard InChI is InChI=1S/C20H18N2O3S2/c1-2-26-15-6-3-13(4-7-15)9-19(23)22-20-21-16(11-27-20)14-5-8-17-18(10-14)25-12-24-17/h3-8,10-11H,2,9,12H2,1H3,(H,21,22,23).